The van der Waals surface area contributed by atoms with Crippen LogP contribution in [-0.2, 0) is 0 Å². The highest BCUT2D eigenvalue weighted by molar-refractivity contribution is 5.75. The summed E-state index contributed by atoms with van der Waals surface area (Å²) < 4.78 is 0. The van der Waals surface area contributed by atoms with Gasteiger partial charge >= 0.3 is 6.03 Å². The molecule has 0 atom stereocenters. The van der Waals surface area contributed by atoms with Gasteiger partial charge < -0.3 is 10.6 Å². The molecule has 0 unspecified atom stereocenters. The Morgan fingerprint density at radius 3 is 2.10 bits per heavy atom. The van der Waals surface area contributed by atoms with Crippen molar-refractivity contribution in [3.05, 3.63) is 0 Å². The van der Waals surface area contributed by atoms with E-state index in [-0.39, 0.29) is 6.03 Å². The van der Waals surface area contributed by atoms with E-state index in [0.717, 1.165) is 38.5 Å². The van der Waals surface area contributed by atoms with Crippen LogP contribution >= 0.6 is 0 Å². The molecule has 0 aliphatic heterocycles. The fourth-order valence-electron chi connectivity index (χ4n) is 3.46. The van der Waals surface area contributed by atoms with Gasteiger partial charge in [-0.25, -0.2) is 4.79 Å². The maximum atomic E-state index is 12.2. The predicted molar refractivity (Wildman–Crippen MR) is 79.2 cm³/mol. The summed E-state index contributed by atoms with van der Waals surface area (Å²) in [6.07, 6.45) is 13.1. The molecule has 20 heavy (non-hydrogen) atoms. The Labute approximate surface area is 122 Å². The summed E-state index contributed by atoms with van der Waals surface area (Å²) >= 11 is 0. The van der Waals surface area contributed by atoms with Gasteiger partial charge in [-0.3, -0.25) is 0 Å². The Morgan fingerprint density at radius 2 is 1.50 bits per heavy atom. The zero-order valence-corrected chi connectivity index (χ0v) is 12.4. The van der Waals surface area contributed by atoms with Crippen molar-refractivity contribution in [3.8, 4) is 6.07 Å². The van der Waals surface area contributed by atoms with Crippen molar-refractivity contribution in [2.24, 2.45) is 0 Å². The third-order valence-corrected chi connectivity index (χ3v) is 4.71. The number of urea groups is 1. The van der Waals surface area contributed by atoms with Crippen LogP contribution in [-0.4, -0.2) is 17.6 Å². The summed E-state index contributed by atoms with van der Waals surface area (Å²) in [5.41, 5.74) is -0.640. The van der Waals surface area contributed by atoms with Crippen LogP contribution in [0.3, 0.4) is 0 Å². The summed E-state index contributed by atoms with van der Waals surface area (Å²) in [5, 5.41) is 15.6. The highest BCUT2D eigenvalue weighted by Gasteiger charge is 2.32. The molecule has 0 radical (unpaired) electrons. The van der Waals surface area contributed by atoms with Crippen LogP contribution in [0.1, 0.15) is 77.0 Å². The molecule has 0 aromatic heterocycles. The van der Waals surface area contributed by atoms with Crippen molar-refractivity contribution in [3.63, 3.8) is 0 Å². The van der Waals surface area contributed by atoms with Crippen molar-refractivity contribution in [1.82, 2.24) is 10.6 Å². The average Bonchev–Trinajstić information content (AvgIpc) is 2.43. The molecule has 0 aromatic carbocycles. The molecule has 0 spiro atoms. The standard InChI is InChI=1S/C16H27N3O/c17-13-16(11-7-2-1-3-8-12-16)19-15(20)18-14-9-5-4-6-10-14/h14H,1-12H2,(H2,18,19,20). The van der Waals surface area contributed by atoms with Crippen LogP contribution in [0.4, 0.5) is 4.79 Å². The monoisotopic (exact) mass is 277 g/mol. The Morgan fingerprint density at radius 1 is 0.950 bits per heavy atom. The van der Waals surface area contributed by atoms with Crippen molar-refractivity contribution in [2.45, 2.75) is 88.6 Å². The molecular formula is C16H27N3O. The summed E-state index contributed by atoms with van der Waals surface area (Å²) in [5.74, 6) is 0. The van der Waals surface area contributed by atoms with E-state index >= 15 is 0 Å². The molecule has 2 aliphatic rings. The van der Waals surface area contributed by atoms with Gasteiger partial charge in [0, 0.05) is 6.04 Å². The Hall–Kier alpha value is -1.24. The summed E-state index contributed by atoms with van der Waals surface area (Å²) in [6.45, 7) is 0. The number of hydrogen-bond acceptors (Lipinski definition) is 2. The molecule has 2 aliphatic carbocycles. The number of hydrogen-bond donors (Lipinski definition) is 2. The van der Waals surface area contributed by atoms with E-state index in [1.165, 1.54) is 38.5 Å². The first-order valence-corrected chi connectivity index (χ1v) is 8.24. The summed E-state index contributed by atoms with van der Waals surface area (Å²) in [6, 6.07) is 2.54. The molecule has 2 rings (SSSR count). The molecule has 2 fully saturated rings. The molecule has 2 amide bonds. The topological polar surface area (TPSA) is 64.9 Å². The minimum absolute atomic E-state index is 0.140. The summed E-state index contributed by atoms with van der Waals surface area (Å²) in [7, 11) is 0. The van der Waals surface area contributed by atoms with E-state index in [1.54, 1.807) is 0 Å². The average molecular weight is 277 g/mol. The molecule has 0 saturated heterocycles. The largest absolute Gasteiger partial charge is 0.335 e. The van der Waals surface area contributed by atoms with E-state index in [9.17, 15) is 10.1 Å². The van der Waals surface area contributed by atoms with Gasteiger partial charge in [-0.2, -0.15) is 5.26 Å². The van der Waals surface area contributed by atoms with Crippen LogP contribution in [0.5, 0.6) is 0 Å². The van der Waals surface area contributed by atoms with Crippen molar-refractivity contribution in [1.29, 1.82) is 5.26 Å². The van der Waals surface area contributed by atoms with Crippen molar-refractivity contribution >= 4 is 6.03 Å². The third-order valence-electron chi connectivity index (χ3n) is 4.71. The van der Waals surface area contributed by atoms with Gasteiger partial charge in [-0.05, 0) is 25.7 Å². The lowest BCUT2D eigenvalue weighted by Gasteiger charge is -2.31. The third kappa shape index (κ3) is 4.40. The van der Waals surface area contributed by atoms with E-state index in [2.05, 4.69) is 16.7 Å². The normalized spacial score (nSPS) is 23.9. The van der Waals surface area contributed by atoms with Gasteiger partial charge in [0.1, 0.15) is 5.54 Å². The molecular weight excluding hydrogens is 250 g/mol. The Balaban J connectivity index is 1.87. The van der Waals surface area contributed by atoms with Crippen molar-refractivity contribution < 1.29 is 4.79 Å². The number of carbonyl (C=O) groups is 1. The fraction of sp³-hybridized carbons (Fsp3) is 0.875. The van der Waals surface area contributed by atoms with E-state index in [1.807, 2.05) is 0 Å². The Kier molecular flexibility index (Phi) is 5.70. The number of nitriles is 1. The van der Waals surface area contributed by atoms with Crippen LogP contribution in [0.25, 0.3) is 0 Å². The minimum Gasteiger partial charge on any atom is -0.335 e. The first-order chi connectivity index (χ1) is 9.74. The number of amides is 2. The van der Waals surface area contributed by atoms with Crippen LogP contribution in [0, 0.1) is 11.3 Å². The number of nitrogens with one attached hydrogen (secondary N) is 2. The van der Waals surface area contributed by atoms with E-state index in [0.29, 0.717) is 6.04 Å². The van der Waals surface area contributed by atoms with Gasteiger partial charge in [-0.1, -0.05) is 51.4 Å². The number of nitrogens with zero attached hydrogens (tertiary/aromatic N) is 1. The molecule has 0 aromatic rings. The lowest BCUT2D eigenvalue weighted by molar-refractivity contribution is 0.217. The van der Waals surface area contributed by atoms with Gasteiger partial charge in [0.05, 0.1) is 6.07 Å². The summed E-state index contributed by atoms with van der Waals surface area (Å²) in [4.78, 5) is 12.2. The maximum absolute atomic E-state index is 12.2. The van der Waals surface area contributed by atoms with Gasteiger partial charge in [0.15, 0.2) is 0 Å². The first-order valence-electron chi connectivity index (χ1n) is 8.24. The zero-order valence-electron chi connectivity index (χ0n) is 12.4. The zero-order chi connectivity index (χ0) is 14.3. The smallest absolute Gasteiger partial charge is 0.316 e. The molecule has 2 N–H and O–H groups in total. The predicted octanol–water partition coefficient (Wildman–Crippen LogP) is 3.62. The van der Waals surface area contributed by atoms with Crippen molar-refractivity contribution in [2.75, 3.05) is 0 Å². The molecule has 4 nitrogen and oxygen atoms in total. The highest BCUT2D eigenvalue weighted by atomic mass is 16.2. The van der Waals surface area contributed by atoms with Crippen LogP contribution in [0.15, 0.2) is 0 Å². The lowest BCUT2D eigenvalue weighted by atomic mass is 9.85. The second kappa shape index (κ2) is 7.52. The first kappa shape index (κ1) is 15.2. The number of carbonyl (C=O) groups excluding carboxylic acids is 1. The Bertz CT molecular complexity index is 347. The molecule has 4 heteroatoms. The molecule has 112 valence electrons. The van der Waals surface area contributed by atoms with Crippen LogP contribution in [0.2, 0.25) is 0 Å². The fourth-order valence-corrected chi connectivity index (χ4v) is 3.46. The lowest BCUT2D eigenvalue weighted by Crippen LogP contribution is -2.53. The van der Waals surface area contributed by atoms with E-state index in [4.69, 9.17) is 0 Å². The number of rotatable bonds is 2. The van der Waals surface area contributed by atoms with E-state index < -0.39 is 5.54 Å². The second-order valence-electron chi connectivity index (χ2n) is 6.40. The molecule has 0 heterocycles. The van der Waals surface area contributed by atoms with Gasteiger partial charge in [-0.15, -0.1) is 0 Å². The SMILES string of the molecule is N#CC1(NC(=O)NC2CCCCC2)CCCCCCC1. The van der Waals surface area contributed by atoms with Crippen LogP contribution < -0.4 is 10.6 Å². The van der Waals surface area contributed by atoms with Gasteiger partial charge in [0.25, 0.3) is 0 Å². The second-order valence-corrected chi connectivity index (χ2v) is 6.40. The maximum Gasteiger partial charge on any atom is 0.316 e. The molecule has 2 saturated carbocycles. The minimum atomic E-state index is -0.640. The highest BCUT2D eigenvalue weighted by Crippen LogP contribution is 2.26. The quantitative estimate of drug-likeness (QED) is 0.809. The van der Waals surface area contributed by atoms with Gasteiger partial charge in [0.2, 0.25) is 0 Å². The molecule has 0 bridgehead atoms.